The fourth-order valence-electron chi connectivity index (χ4n) is 6.17. The molecule has 2 aromatic heterocycles. The van der Waals surface area contributed by atoms with Crippen LogP contribution in [-0.2, 0) is 15.0 Å². The van der Waals surface area contributed by atoms with Gasteiger partial charge in [-0.05, 0) is 62.9 Å². The first kappa shape index (κ1) is 40.5. The number of rotatable bonds is 8. The number of pyridine rings is 1. The van der Waals surface area contributed by atoms with Gasteiger partial charge in [0.1, 0.15) is 17.5 Å². The van der Waals surface area contributed by atoms with Gasteiger partial charge in [0.2, 0.25) is 11.8 Å². The zero-order chi connectivity index (χ0) is 37.0. The molecule has 1 saturated heterocycles. The molecular formula is C41H41ClF2LiN5O2-2. The average Bonchev–Trinajstić information content (AvgIpc) is 3.10. The van der Waals surface area contributed by atoms with E-state index in [-0.39, 0.29) is 54.3 Å². The number of aryl methyl sites for hydroxylation is 2. The second kappa shape index (κ2) is 17.0. The summed E-state index contributed by atoms with van der Waals surface area (Å²) in [7, 11) is 0. The Morgan fingerprint density at radius 2 is 1.73 bits per heavy atom. The normalized spacial score (nSPS) is 16.1. The third-order valence-corrected chi connectivity index (χ3v) is 9.78. The van der Waals surface area contributed by atoms with Crippen LogP contribution in [0.25, 0.3) is 22.2 Å². The summed E-state index contributed by atoms with van der Waals surface area (Å²) in [6.45, 7) is 18.8. The van der Waals surface area contributed by atoms with Crippen LogP contribution < -0.4 is 29.5 Å². The molecule has 1 aliphatic heterocycles. The van der Waals surface area contributed by atoms with E-state index in [0.29, 0.717) is 57.4 Å². The van der Waals surface area contributed by atoms with E-state index in [0.717, 1.165) is 34.9 Å². The molecule has 2 N–H and O–H groups in total. The molecule has 0 unspecified atom stereocenters. The van der Waals surface area contributed by atoms with Crippen LogP contribution in [0.1, 0.15) is 85.1 Å². The Balaban J connectivity index is 0.000000243. The number of halogens is 3. The van der Waals surface area contributed by atoms with Crippen molar-refractivity contribution in [2.75, 3.05) is 5.32 Å². The molecule has 2 amide bonds. The SMILES string of the molecule is [CH2-]CC(C[CH2-])c1ccc([C@@]2(C)CCC(=O)NC2=O)cc1Cl.[CH2-]c1cc(-c2cc3c(N[C@H](C)c4cccc(C)c4F)nc(C)nc3cn2)ccc1F.[Li+]. The fraction of sp³-hybridized carbons (Fsp3) is 0.268. The maximum atomic E-state index is 14.6. The molecule has 0 spiro atoms. The van der Waals surface area contributed by atoms with Crippen LogP contribution in [0.4, 0.5) is 14.6 Å². The maximum Gasteiger partial charge on any atom is 1.00 e. The van der Waals surface area contributed by atoms with Gasteiger partial charge in [-0.15, -0.1) is 0 Å². The van der Waals surface area contributed by atoms with Crippen molar-refractivity contribution in [3.05, 3.63) is 138 Å². The Hall–Kier alpha value is -4.29. The molecule has 0 saturated carbocycles. The van der Waals surface area contributed by atoms with Gasteiger partial charge in [0.15, 0.2) is 0 Å². The summed E-state index contributed by atoms with van der Waals surface area (Å²) in [5.74, 6) is 0.327. The minimum absolute atomic E-state index is 0. The van der Waals surface area contributed by atoms with Gasteiger partial charge in [0.05, 0.1) is 28.9 Å². The first-order valence-corrected chi connectivity index (χ1v) is 17.1. The van der Waals surface area contributed by atoms with Crippen molar-refractivity contribution in [1.29, 1.82) is 0 Å². The Morgan fingerprint density at radius 3 is 2.38 bits per heavy atom. The van der Waals surface area contributed by atoms with Crippen LogP contribution in [0.5, 0.6) is 0 Å². The molecule has 5 aromatic rings. The molecule has 0 bridgehead atoms. The Labute approximate surface area is 321 Å². The second-order valence-corrected chi connectivity index (χ2v) is 13.5. The van der Waals surface area contributed by atoms with Gasteiger partial charge in [-0.1, -0.05) is 65.5 Å². The van der Waals surface area contributed by atoms with Crippen molar-refractivity contribution in [3.63, 3.8) is 0 Å². The summed E-state index contributed by atoms with van der Waals surface area (Å²) < 4.78 is 28.2. The molecule has 6 rings (SSSR count). The topological polar surface area (TPSA) is 96.9 Å². The molecule has 0 aliphatic carbocycles. The van der Waals surface area contributed by atoms with E-state index in [1.807, 2.05) is 44.2 Å². The number of carbonyl (C=O) groups excluding carboxylic acids is 2. The predicted octanol–water partition coefficient (Wildman–Crippen LogP) is 6.51. The van der Waals surface area contributed by atoms with Crippen molar-refractivity contribution in [2.45, 2.75) is 70.8 Å². The van der Waals surface area contributed by atoms with E-state index in [1.54, 1.807) is 44.3 Å². The number of piperidine rings is 1. The van der Waals surface area contributed by atoms with E-state index in [2.05, 4.69) is 46.4 Å². The third kappa shape index (κ3) is 8.66. The number of fused-ring (bicyclic) bond motifs is 1. The summed E-state index contributed by atoms with van der Waals surface area (Å²) >= 11 is 6.39. The molecule has 266 valence electrons. The molecule has 3 aromatic carbocycles. The largest absolute Gasteiger partial charge is 1.00 e. The number of amides is 2. The molecule has 3 heterocycles. The molecule has 7 nitrogen and oxygen atoms in total. The molecule has 1 fully saturated rings. The van der Waals surface area contributed by atoms with E-state index >= 15 is 0 Å². The first-order valence-electron chi connectivity index (χ1n) is 16.8. The molecular weight excluding hydrogens is 675 g/mol. The number of nitrogens with zero attached hydrogens (tertiary/aromatic N) is 3. The van der Waals surface area contributed by atoms with Crippen LogP contribution in [0.15, 0.2) is 66.9 Å². The van der Waals surface area contributed by atoms with Gasteiger partial charge in [0.25, 0.3) is 0 Å². The minimum atomic E-state index is -0.708. The van der Waals surface area contributed by atoms with Crippen molar-refractivity contribution < 1.29 is 37.2 Å². The summed E-state index contributed by atoms with van der Waals surface area (Å²) in [5, 5.41) is 7.11. The molecule has 1 aliphatic rings. The van der Waals surface area contributed by atoms with E-state index in [4.69, 9.17) is 11.6 Å². The zero-order valence-corrected chi connectivity index (χ0v) is 31.0. The van der Waals surface area contributed by atoms with Crippen molar-refractivity contribution >= 4 is 40.1 Å². The number of imide groups is 1. The Kier molecular flexibility index (Phi) is 13.3. The van der Waals surface area contributed by atoms with Crippen molar-refractivity contribution in [2.24, 2.45) is 0 Å². The smallest absolute Gasteiger partial charge is 0.363 e. The molecule has 52 heavy (non-hydrogen) atoms. The fourth-order valence-corrected chi connectivity index (χ4v) is 6.51. The summed E-state index contributed by atoms with van der Waals surface area (Å²) in [5.41, 5.74) is 4.67. The van der Waals surface area contributed by atoms with Crippen LogP contribution in [0.3, 0.4) is 0 Å². The van der Waals surface area contributed by atoms with Crippen LogP contribution >= 0.6 is 11.6 Å². The summed E-state index contributed by atoms with van der Waals surface area (Å²) in [6.07, 6.45) is 3.97. The Bertz CT molecular complexity index is 2110. The quantitative estimate of drug-likeness (QED) is 0.108. The molecule has 0 radical (unpaired) electrons. The Morgan fingerprint density at radius 1 is 1.00 bits per heavy atom. The van der Waals surface area contributed by atoms with E-state index < -0.39 is 5.41 Å². The number of hydrogen-bond donors (Lipinski definition) is 2. The van der Waals surface area contributed by atoms with Gasteiger partial charge in [0, 0.05) is 28.2 Å². The van der Waals surface area contributed by atoms with Crippen LogP contribution in [0, 0.1) is 46.3 Å². The number of benzene rings is 3. The predicted molar refractivity (Wildman–Crippen MR) is 199 cm³/mol. The second-order valence-electron chi connectivity index (χ2n) is 13.1. The van der Waals surface area contributed by atoms with E-state index in [1.165, 1.54) is 6.07 Å². The van der Waals surface area contributed by atoms with Gasteiger partial charge < -0.3 is 19.2 Å². The monoisotopic (exact) mass is 715 g/mol. The number of nitrogens with one attached hydrogen (secondary N) is 2. The van der Waals surface area contributed by atoms with Gasteiger partial charge in [-0.25, -0.2) is 14.4 Å². The van der Waals surface area contributed by atoms with Crippen LogP contribution in [0.2, 0.25) is 5.02 Å². The minimum Gasteiger partial charge on any atom is -0.363 e. The number of hydrogen-bond acceptors (Lipinski definition) is 6. The maximum absolute atomic E-state index is 14.6. The third-order valence-electron chi connectivity index (χ3n) is 9.46. The van der Waals surface area contributed by atoms with Gasteiger partial charge in [-0.3, -0.25) is 24.3 Å². The number of anilines is 1. The average molecular weight is 716 g/mol. The summed E-state index contributed by atoms with van der Waals surface area (Å²) in [4.78, 5) is 36.9. The molecule has 11 heteroatoms. The van der Waals surface area contributed by atoms with Gasteiger partial charge >= 0.3 is 18.9 Å². The van der Waals surface area contributed by atoms with E-state index in [9.17, 15) is 18.4 Å². The standard InChI is InChI=1S/C24H21F2N4.C17H20ClNO2.Li/c1-13-6-5-7-18(23(13)26)15(3)28-24-19-11-21(17-8-9-20(25)14(2)10-17)27-12-22(19)29-16(4)30-24;1-4-11(5-2)13-7-6-12(10-14(13)18)17(3)9-8-15(20)19-16(17)21;/h5-12,15H,2H2,1,3-4H3,(H,28,29,30);6-7,10-11H,1-2,4-5,8-9H2,3H3,(H,19,20,21);/q-1;-2;+1/t15-;17-;/m11./s1. The summed E-state index contributed by atoms with van der Waals surface area (Å²) in [6, 6.07) is 17.3. The van der Waals surface area contributed by atoms with Crippen molar-refractivity contribution in [3.8, 4) is 11.3 Å². The zero-order valence-electron chi connectivity index (χ0n) is 30.2. The number of aromatic nitrogens is 3. The van der Waals surface area contributed by atoms with Crippen molar-refractivity contribution in [1.82, 2.24) is 20.3 Å². The number of carbonyl (C=O) groups is 2. The van der Waals surface area contributed by atoms with Gasteiger partial charge in [-0.2, -0.15) is 31.4 Å². The first-order chi connectivity index (χ1) is 24.2. The molecule has 2 atom stereocenters. The van der Waals surface area contributed by atoms with Crippen LogP contribution in [-0.4, -0.2) is 26.8 Å².